The first-order chi connectivity index (χ1) is 9.25. The highest BCUT2D eigenvalue weighted by Gasteiger charge is 2.17. The predicted octanol–water partition coefficient (Wildman–Crippen LogP) is 5.52. The van der Waals surface area contributed by atoms with Crippen LogP contribution in [0, 0.1) is 27.7 Å². The van der Waals surface area contributed by atoms with E-state index < -0.39 is 0 Å². The summed E-state index contributed by atoms with van der Waals surface area (Å²) in [5.41, 5.74) is 5.28. The van der Waals surface area contributed by atoms with Crippen molar-refractivity contribution in [1.29, 1.82) is 0 Å². The van der Waals surface area contributed by atoms with Crippen LogP contribution in [0.5, 0.6) is 11.5 Å². The lowest BCUT2D eigenvalue weighted by Crippen LogP contribution is -1.92. The van der Waals surface area contributed by atoms with E-state index in [4.69, 9.17) is 0 Å². The maximum Gasteiger partial charge on any atom is 0.122 e. The molecule has 2 aromatic carbocycles. The molecule has 0 atom stereocenters. The van der Waals surface area contributed by atoms with E-state index in [1.807, 2.05) is 39.8 Å². The van der Waals surface area contributed by atoms with Crippen LogP contribution in [0.4, 0.5) is 0 Å². The van der Waals surface area contributed by atoms with Crippen LogP contribution in [0.15, 0.2) is 21.1 Å². The average Bonchev–Trinajstić information content (AvgIpc) is 2.42. The van der Waals surface area contributed by atoms with Crippen molar-refractivity contribution in [3.8, 4) is 22.6 Å². The first-order valence-corrected chi connectivity index (χ1v) is 7.82. The first-order valence-electron chi connectivity index (χ1n) is 6.23. The minimum Gasteiger partial charge on any atom is -0.507 e. The standard InChI is InChI=1S/C16H16Br2O2/c1-7-5-11(13(17)9(3)15(7)19)12-6-8(2)16(20)10(4)14(12)18/h5-6,19-20H,1-4H3. The summed E-state index contributed by atoms with van der Waals surface area (Å²) < 4.78 is 1.73. The number of halogens is 2. The van der Waals surface area contributed by atoms with E-state index in [2.05, 4.69) is 31.9 Å². The third kappa shape index (κ3) is 2.35. The summed E-state index contributed by atoms with van der Waals surface area (Å²) in [7, 11) is 0. The molecular weight excluding hydrogens is 384 g/mol. The van der Waals surface area contributed by atoms with Gasteiger partial charge in [-0.25, -0.2) is 0 Å². The second-order valence-electron chi connectivity index (χ2n) is 5.06. The molecule has 0 amide bonds. The number of phenolic OH excluding ortho intramolecular Hbond substituents is 2. The second kappa shape index (κ2) is 5.41. The van der Waals surface area contributed by atoms with Gasteiger partial charge < -0.3 is 10.2 Å². The molecule has 0 bridgehead atoms. The maximum absolute atomic E-state index is 10.00. The average molecular weight is 400 g/mol. The van der Waals surface area contributed by atoms with E-state index in [9.17, 15) is 10.2 Å². The fourth-order valence-corrected chi connectivity index (χ4v) is 3.32. The van der Waals surface area contributed by atoms with Crippen LogP contribution < -0.4 is 0 Å². The predicted molar refractivity (Wildman–Crippen MR) is 89.6 cm³/mol. The van der Waals surface area contributed by atoms with Gasteiger partial charge in [0.2, 0.25) is 0 Å². The van der Waals surface area contributed by atoms with Crippen LogP contribution in [-0.4, -0.2) is 10.2 Å². The SMILES string of the molecule is Cc1cc(-c2cc(C)c(O)c(C)c2Br)c(Br)c(C)c1O. The lowest BCUT2D eigenvalue weighted by molar-refractivity contribution is 0.465. The van der Waals surface area contributed by atoms with Gasteiger partial charge in [0.15, 0.2) is 0 Å². The number of phenols is 2. The van der Waals surface area contributed by atoms with Gasteiger partial charge in [-0.3, -0.25) is 0 Å². The topological polar surface area (TPSA) is 40.5 Å². The van der Waals surface area contributed by atoms with Gasteiger partial charge >= 0.3 is 0 Å². The molecule has 0 aromatic heterocycles. The summed E-state index contributed by atoms with van der Waals surface area (Å²) in [5, 5.41) is 20.0. The van der Waals surface area contributed by atoms with Crippen molar-refractivity contribution in [3.05, 3.63) is 43.3 Å². The van der Waals surface area contributed by atoms with Gasteiger partial charge in [-0.1, -0.05) is 0 Å². The van der Waals surface area contributed by atoms with Crippen molar-refractivity contribution >= 4 is 31.9 Å². The Bertz CT molecular complexity index is 645. The van der Waals surface area contributed by atoms with Crippen LogP contribution >= 0.6 is 31.9 Å². The molecule has 2 aromatic rings. The Morgan fingerprint density at radius 2 is 1.00 bits per heavy atom. The molecule has 2 N–H and O–H groups in total. The van der Waals surface area contributed by atoms with E-state index >= 15 is 0 Å². The minimum atomic E-state index is 0.309. The van der Waals surface area contributed by atoms with Crippen molar-refractivity contribution in [2.45, 2.75) is 27.7 Å². The molecule has 0 aliphatic heterocycles. The quantitative estimate of drug-likeness (QED) is 0.662. The fraction of sp³-hybridized carbons (Fsp3) is 0.250. The Morgan fingerprint density at radius 3 is 1.30 bits per heavy atom. The molecule has 0 fully saturated rings. The molecular formula is C16H16Br2O2. The summed E-state index contributed by atoms with van der Waals surface area (Å²) in [4.78, 5) is 0. The molecule has 0 spiro atoms. The number of hydrogen-bond acceptors (Lipinski definition) is 2. The van der Waals surface area contributed by atoms with Gasteiger partial charge in [-0.05, 0) is 93.9 Å². The number of aryl methyl sites for hydroxylation is 2. The summed E-state index contributed by atoms with van der Waals surface area (Å²) in [6.45, 7) is 7.52. The summed E-state index contributed by atoms with van der Waals surface area (Å²) in [6.07, 6.45) is 0. The van der Waals surface area contributed by atoms with Crippen molar-refractivity contribution < 1.29 is 10.2 Å². The third-order valence-corrected chi connectivity index (χ3v) is 5.64. The number of hydrogen-bond donors (Lipinski definition) is 2. The van der Waals surface area contributed by atoms with Gasteiger partial charge in [0, 0.05) is 20.1 Å². The molecule has 106 valence electrons. The van der Waals surface area contributed by atoms with Crippen molar-refractivity contribution in [2.24, 2.45) is 0 Å². The van der Waals surface area contributed by atoms with E-state index in [1.165, 1.54) is 0 Å². The van der Waals surface area contributed by atoms with E-state index in [-0.39, 0.29) is 0 Å². The largest absolute Gasteiger partial charge is 0.507 e. The normalized spacial score (nSPS) is 10.9. The second-order valence-corrected chi connectivity index (χ2v) is 6.64. The maximum atomic E-state index is 10.00. The molecule has 0 saturated carbocycles. The Morgan fingerprint density at radius 1 is 0.700 bits per heavy atom. The molecule has 4 heteroatoms. The Balaban J connectivity index is 2.83. The molecule has 2 nitrogen and oxygen atoms in total. The number of aromatic hydroxyl groups is 2. The molecule has 0 saturated heterocycles. The van der Waals surface area contributed by atoms with E-state index in [0.717, 1.165) is 42.3 Å². The lowest BCUT2D eigenvalue weighted by atomic mass is 9.96. The molecule has 0 radical (unpaired) electrons. The Kier molecular flexibility index (Phi) is 4.17. The Labute approximate surface area is 135 Å². The fourth-order valence-electron chi connectivity index (χ4n) is 2.29. The zero-order chi connectivity index (χ0) is 15.2. The summed E-state index contributed by atoms with van der Waals surface area (Å²) >= 11 is 7.12. The zero-order valence-electron chi connectivity index (χ0n) is 11.8. The third-order valence-electron chi connectivity index (χ3n) is 3.60. The monoisotopic (exact) mass is 398 g/mol. The van der Waals surface area contributed by atoms with Gasteiger partial charge in [0.1, 0.15) is 11.5 Å². The highest BCUT2D eigenvalue weighted by atomic mass is 79.9. The number of benzene rings is 2. The molecule has 0 aliphatic carbocycles. The summed E-state index contributed by atoms with van der Waals surface area (Å²) in [5.74, 6) is 0.618. The Hall–Kier alpha value is -1.00. The molecule has 2 rings (SSSR count). The zero-order valence-corrected chi connectivity index (χ0v) is 15.0. The van der Waals surface area contributed by atoms with Gasteiger partial charge in [-0.2, -0.15) is 0 Å². The first kappa shape index (κ1) is 15.4. The van der Waals surface area contributed by atoms with Crippen LogP contribution in [0.3, 0.4) is 0 Å². The van der Waals surface area contributed by atoms with Gasteiger partial charge in [-0.15, -0.1) is 0 Å². The van der Waals surface area contributed by atoms with E-state index in [0.29, 0.717) is 11.5 Å². The minimum absolute atomic E-state index is 0.309. The highest BCUT2D eigenvalue weighted by molar-refractivity contribution is 9.11. The van der Waals surface area contributed by atoms with Gasteiger partial charge in [0.25, 0.3) is 0 Å². The summed E-state index contributed by atoms with van der Waals surface area (Å²) in [6, 6.07) is 3.89. The van der Waals surface area contributed by atoms with Crippen molar-refractivity contribution in [1.82, 2.24) is 0 Å². The van der Waals surface area contributed by atoms with Gasteiger partial charge in [0.05, 0.1) is 0 Å². The molecule has 0 unspecified atom stereocenters. The number of rotatable bonds is 1. The van der Waals surface area contributed by atoms with Crippen LogP contribution in [-0.2, 0) is 0 Å². The van der Waals surface area contributed by atoms with Crippen molar-refractivity contribution in [3.63, 3.8) is 0 Å². The smallest absolute Gasteiger partial charge is 0.122 e. The lowest BCUT2D eigenvalue weighted by Gasteiger charge is -2.16. The highest BCUT2D eigenvalue weighted by Crippen LogP contribution is 2.43. The van der Waals surface area contributed by atoms with Crippen LogP contribution in [0.2, 0.25) is 0 Å². The molecule has 0 heterocycles. The molecule has 20 heavy (non-hydrogen) atoms. The molecule has 0 aliphatic rings. The van der Waals surface area contributed by atoms with Crippen molar-refractivity contribution in [2.75, 3.05) is 0 Å². The van der Waals surface area contributed by atoms with Crippen LogP contribution in [0.25, 0.3) is 11.1 Å². The van der Waals surface area contributed by atoms with E-state index in [1.54, 1.807) is 0 Å². The van der Waals surface area contributed by atoms with Crippen LogP contribution in [0.1, 0.15) is 22.3 Å².